The Labute approximate surface area is 107 Å². The largest absolute Gasteiger partial charge is 0.311 e. The molecule has 2 unspecified atom stereocenters. The quantitative estimate of drug-likeness (QED) is 0.785. The van der Waals surface area contributed by atoms with E-state index in [4.69, 9.17) is 0 Å². The van der Waals surface area contributed by atoms with Crippen molar-refractivity contribution in [2.45, 2.75) is 51.6 Å². The van der Waals surface area contributed by atoms with Crippen LogP contribution in [0.3, 0.4) is 0 Å². The van der Waals surface area contributed by atoms with Crippen LogP contribution in [-0.4, -0.2) is 61.2 Å². The van der Waals surface area contributed by atoms with E-state index in [9.17, 15) is 0 Å². The molecule has 2 aliphatic heterocycles. The number of nitrogens with one attached hydrogen (secondary N) is 1. The normalized spacial score (nSPS) is 32.1. The molecule has 2 saturated heterocycles. The fourth-order valence-corrected chi connectivity index (χ4v) is 3.15. The van der Waals surface area contributed by atoms with Gasteiger partial charge in [-0.1, -0.05) is 13.8 Å². The van der Waals surface area contributed by atoms with Crippen LogP contribution < -0.4 is 5.32 Å². The lowest BCUT2D eigenvalue weighted by Gasteiger charge is -2.40. The molecule has 2 rings (SSSR count). The lowest BCUT2D eigenvalue weighted by molar-refractivity contribution is 0.112. The average molecular weight is 239 g/mol. The summed E-state index contributed by atoms with van der Waals surface area (Å²) in [6.45, 7) is 12.3. The summed E-state index contributed by atoms with van der Waals surface area (Å²) in [6, 6.07) is 1.48. The maximum Gasteiger partial charge on any atom is 0.0219 e. The first-order valence-electron chi connectivity index (χ1n) is 7.53. The van der Waals surface area contributed by atoms with Crippen molar-refractivity contribution in [2.24, 2.45) is 0 Å². The Kier molecular flexibility index (Phi) is 5.26. The minimum absolute atomic E-state index is 0.719. The SMILES string of the molecule is CCC1CN(CCN2CCCC2)C(CC)CN1. The van der Waals surface area contributed by atoms with Gasteiger partial charge in [0.1, 0.15) is 0 Å². The molecular weight excluding hydrogens is 210 g/mol. The molecule has 0 bridgehead atoms. The maximum atomic E-state index is 3.67. The van der Waals surface area contributed by atoms with Crippen molar-refractivity contribution in [3.8, 4) is 0 Å². The molecule has 3 heteroatoms. The maximum absolute atomic E-state index is 3.67. The van der Waals surface area contributed by atoms with Crippen LogP contribution >= 0.6 is 0 Å². The zero-order valence-corrected chi connectivity index (χ0v) is 11.6. The van der Waals surface area contributed by atoms with Crippen molar-refractivity contribution in [1.82, 2.24) is 15.1 Å². The molecule has 0 radical (unpaired) electrons. The highest BCUT2D eigenvalue weighted by atomic mass is 15.3. The Bertz CT molecular complexity index is 214. The highest BCUT2D eigenvalue weighted by molar-refractivity contribution is 4.85. The predicted octanol–water partition coefficient (Wildman–Crippen LogP) is 1.54. The van der Waals surface area contributed by atoms with E-state index in [-0.39, 0.29) is 0 Å². The Morgan fingerprint density at radius 1 is 1.06 bits per heavy atom. The number of nitrogens with zero attached hydrogens (tertiary/aromatic N) is 2. The average Bonchev–Trinajstić information content (AvgIpc) is 2.89. The topological polar surface area (TPSA) is 18.5 Å². The zero-order valence-electron chi connectivity index (χ0n) is 11.6. The van der Waals surface area contributed by atoms with Crippen LogP contribution in [0.15, 0.2) is 0 Å². The van der Waals surface area contributed by atoms with E-state index >= 15 is 0 Å². The third-order valence-corrected chi connectivity index (χ3v) is 4.48. The standard InChI is InChI=1S/C14H29N3/c1-3-13-12-17(14(4-2)11-15-13)10-9-16-7-5-6-8-16/h13-15H,3-12H2,1-2H3. The lowest BCUT2D eigenvalue weighted by atomic mass is 10.1. The summed E-state index contributed by atoms with van der Waals surface area (Å²) in [5, 5.41) is 3.67. The lowest BCUT2D eigenvalue weighted by Crippen LogP contribution is -2.57. The summed E-state index contributed by atoms with van der Waals surface area (Å²) < 4.78 is 0. The summed E-state index contributed by atoms with van der Waals surface area (Å²) in [5.74, 6) is 0. The fourth-order valence-electron chi connectivity index (χ4n) is 3.15. The summed E-state index contributed by atoms with van der Waals surface area (Å²) in [5.41, 5.74) is 0. The molecule has 0 saturated carbocycles. The molecule has 0 spiro atoms. The van der Waals surface area contributed by atoms with Crippen LogP contribution in [0.1, 0.15) is 39.5 Å². The first-order chi connectivity index (χ1) is 8.33. The molecule has 0 aromatic heterocycles. The van der Waals surface area contributed by atoms with E-state index in [1.54, 1.807) is 0 Å². The highest BCUT2D eigenvalue weighted by Gasteiger charge is 2.26. The third kappa shape index (κ3) is 3.67. The van der Waals surface area contributed by atoms with Gasteiger partial charge >= 0.3 is 0 Å². The molecule has 0 aromatic carbocycles. The van der Waals surface area contributed by atoms with Gasteiger partial charge in [-0.05, 0) is 38.8 Å². The van der Waals surface area contributed by atoms with Gasteiger partial charge in [0, 0.05) is 38.3 Å². The van der Waals surface area contributed by atoms with E-state index in [2.05, 4.69) is 29.0 Å². The third-order valence-electron chi connectivity index (χ3n) is 4.48. The minimum Gasteiger partial charge on any atom is -0.311 e. The zero-order chi connectivity index (χ0) is 12.1. The molecule has 1 N–H and O–H groups in total. The van der Waals surface area contributed by atoms with Crippen LogP contribution in [0.2, 0.25) is 0 Å². The number of piperazine rings is 1. The van der Waals surface area contributed by atoms with Crippen LogP contribution in [0.5, 0.6) is 0 Å². The van der Waals surface area contributed by atoms with Gasteiger partial charge in [0.25, 0.3) is 0 Å². The number of hydrogen-bond acceptors (Lipinski definition) is 3. The van der Waals surface area contributed by atoms with Crippen molar-refractivity contribution in [2.75, 3.05) is 39.3 Å². The predicted molar refractivity (Wildman–Crippen MR) is 73.4 cm³/mol. The molecule has 17 heavy (non-hydrogen) atoms. The second-order valence-corrected chi connectivity index (χ2v) is 5.62. The second-order valence-electron chi connectivity index (χ2n) is 5.62. The highest BCUT2D eigenvalue weighted by Crippen LogP contribution is 2.13. The van der Waals surface area contributed by atoms with Gasteiger partial charge < -0.3 is 10.2 Å². The number of hydrogen-bond donors (Lipinski definition) is 1. The Balaban J connectivity index is 1.77. The smallest absolute Gasteiger partial charge is 0.0219 e. The Morgan fingerprint density at radius 2 is 1.82 bits per heavy atom. The van der Waals surface area contributed by atoms with Crippen molar-refractivity contribution in [1.29, 1.82) is 0 Å². The molecule has 2 heterocycles. The molecule has 2 aliphatic rings. The van der Waals surface area contributed by atoms with Crippen LogP contribution in [0.25, 0.3) is 0 Å². The summed E-state index contributed by atoms with van der Waals surface area (Å²) in [6.07, 6.45) is 5.37. The summed E-state index contributed by atoms with van der Waals surface area (Å²) >= 11 is 0. The van der Waals surface area contributed by atoms with Crippen molar-refractivity contribution >= 4 is 0 Å². The van der Waals surface area contributed by atoms with E-state index in [0.717, 1.165) is 12.1 Å². The van der Waals surface area contributed by atoms with Crippen LogP contribution in [-0.2, 0) is 0 Å². The van der Waals surface area contributed by atoms with E-state index < -0.39 is 0 Å². The van der Waals surface area contributed by atoms with Crippen LogP contribution in [0, 0.1) is 0 Å². The molecule has 3 nitrogen and oxygen atoms in total. The Morgan fingerprint density at radius 3 is 2.47 bits per heavy atom. The monoisotopic (exact) mass is 239 g/mol. The fraction of sp³-hybridized carbons (Fsp3) is 1.00. The van der Waals surface area contributed by atoms with Gasteiger partial charge in [-0.25, -0.2) is 0 Å². The van der Waals surface area contributed by atoms with Gasteiger partial charge in [0.15, 0.2) is 0 Å². The Hall–Kier alpha value is -0.120. The number of likely N-dealkylation sites (tertiary alicyclic amines) is 1. The molecule has 100 valence electrons. The minimum atomic E-state index is 0.719. The number of rotatable bonds is 5. The van der Waals surface area contributed by atoms with Crippen LogP contribution in [0.4, 0.5) is 0 Å². The van der Waals surface area contributed by atoms with Gasteiger partial charge in [-0.2, -0.15) is 0 Å². The first kappa shape index (κ1) is 13.3. The van der Waals surface area contributed by atoms with E-state index in [0.29, 0.717) is 0 Å². The van der Waals surface area contributed by atoms with Gasteiger partial charge in [0.2, 0.25) is 0 Å². The molecule has 0 aliphatic carbocycles. The summed E-state index contributed by atoms with van der Waals surface area (Å²) in [7, 11) is 0. The second kappa shape index (κ2) is 6.72. The molecule has 2 fully saturated rings. The van der Waals surface area contributed by atoms with Crippen molar-refractivity contribution < 1.29 is 0 Å². The van der Waals surface area contributed by atoms with Gasteiger partial charge in [-0.15, -0.1) is 0 Å². The molecule has 2 atom stereocenters. The van der Waals surface area contributed by atoms with Gasteiger partial charge in [0.05, 0.1) is 0 Å². The van der Waals surface area contributed by atoms with Crippen molar-refractivity contribution in [3.05, 3.63) is 0 Å². The summed E-state index contributed by atoms with van der Waals surface area (Å²) in [4.78, 5) is 5.36. The van der Waals surface area contributed by atoms with E-state index in [1.807, 2.05) is 0 Å². The van der Waals surface area contributed by atoms with E-state index in [1.165, 1.54) is 65.0 Å². The van der Waals surface area contributed by atoms with Crippen molar-refractivity contribution in [3.63, 3.8) is 0 Å². The van der Waals surface area contributed by atoms with Gasteiger partial charge in [-0.3, -0.25) is 4.90 Å². The molecule has 0 aromatic rings. The molecular formula is C14H29N3. The molecule has 0 amide bonds. The first-order valence-corrected chi connectivity index (χ1v) is 7.53.